The van der Waals surface area contributed by atoms with Crippen molar-refractivity contribution in [1.82, 2.24) is 0 Å². The summed E-state index contributed by atoms with van der Waals surface area (Å²) in [6, 6.07) is 6.65. The van der Waals surface area contributed by atoms with E-state index in [1.54, 1.807) is 24.3 Å². The second-order valence-corrected chi connectivity index (χ2v) is 6.03. The topological polar surface area (TPSA) is 12.5 Å². The number of halogens is 3. The zero-order chi connectivity index (χ0) is 12.3. The van der Waals surface area contributed by atoms with E-state index in [-0.39, 0.29) is 0 Å². The van der Waals surface area contributed by atoms with Gasteiger partial charge in [0.2, 0.25) is 0 Å². The van der Waals surface area contributed by atoms with Gasteiger partial charge in [-0.25, -0.2) is 0 Å². The summed E-state index contributed by atoms with van der Waals surface area (Å²) in [6.45, 7) is 2.94. The molecule has 0 amide bonds. The monoisotopic (exact) mass is 311 g/mol. The van der Waals surface area contributed by atoms with Crippen LogP contribution in [0.4, 0.5) is 18.9 Å². The Morgan fingerprint density at radius 2 is 1.65 bits per heavy atom. The molecule has 0 saturated carbocycles. The standard InChI is InChI=1S/C11H12F3NOSe/c12-11(13,14)17-10-3-1-9(2-4-10)15-5-7-16-8-6-15/h1-4H,5-8H2. The number of hydrogen-bond donors (Lipinski definition) is 0. The third-order valence-electron chi connectivity index (χ3n) is 2.45. The average molecular weight is 310 g/mol. The van der Waals surface area contributed by atoms with E-state index in [2.05, 4.69) is 4.90 Å². The number of morpholine rings is 1. The van der Waals surface area contributed by atoms with Crippen LogP contribution in [0.1, 0.15) is 0 Å². The minimum atomic E-state index is -4.08. The SMILES string of the molecule is FC(F)(F)[Se]c1ccc(N2CCOCC2)cc1. The third kappa shape index (κ3) is 3.91. The van der Waals surface area contributed by atoms with Gasteiger partial charge in [-0.2, -0.15) is 0 Å². The van der Waals surface area contributed by atoms with Crippen molar-refractivity contribution in [3.63, 3.8) is 0 Å². The first-order chi connectivity index (χ1) is 8.04. The van der Waals surface area contributed by atoms with Gasteiger partial charge in [0.05, 0.1) is 0 Å². The summed E-state index contributed by atoms with van der Waals surface area (Å²) in [5.74, 6) is 0. The Bertz CT molecular complexity index is 360. The molecule has 1 aliphatic heterocycles. The summed E-state index contributed by atoms with van der Waals surface area (Å²) in [7, 11) is 0. The fourth-order valence-corrected chi connectivity index (χ4v) is 2.81. The zero-order valence-corrected chi connectivity index (χ0v) is 10.7. The molecule has 2 rings (SSSR count). The van der Waals surface area contributed by atoms with Crippen molar-refractivity contribution in [2.75, 3.05) is 31.2 Å². The van der Waals surface area contributed by atoms with E-state index in [4.69, 9.17) is 4.74 Å². The Hall–Kier alpha value is -0.711. The molecule has 1 saturated heterocycles. The van der Waals surface area contributed by atoms with E-state index < -0.39 is 20.0 Å². The van der Waals surface area contributed by atoms with Crippen LogP contribution in [0.25, 0.3) is 0 Å². The first-order valence-electron chi connectivity index (χ1n) is 5.23. The van der Waals surface area contributed by atoms with Crippen molar-refractivity contribution in [3.05, 3.63) is 24.3 Å². The maximum atomic E-state index is 12.2. The van der Waals surface area contributed by atoms with Gasteiger partial charge in [0, 0.05) is 0 Å². The summed E-state index contributed by atoms with van der Waals surface area (Å²) >= 11 is -1.45. The van der Waals surface area contributed by atoms with E-state index in [0.717, 1.165) is 18.8 Å². The number of rotatable bonds is 2. The Morgan fingerprint density at radius 1 is 1.06 bits per heavy atom. The van der Waals surface area contributed by atoms with E-state index in [9.17, 15) is 13.2 Å². The minimum absolute atomic E-state index is 0.363. The van der Waals surface area contributed by atoms with Crippen LogP contribution in [0.15, 0.2) is 24.3 Å². The number of benzene rings is 1. The van der Waals surface area contributed by atoms with Crippen LogP contribution in [-0.2, 0) is 4.74 Å². The van der Waals surface area contributed by atoms with E-state index in [0.29, 0.717) is 17.7 Å². The maximum absolute atomic E-state index is 12.2. The quantitative estimate of drug-likeness (QED) is 0.765. The first kappa shape index (κ1) is 12.7. The summed E-state index contributed by atoms with van der Waals surface area (Å²) < 4.78 is 42.2. The molecule has 0 aliphatic carbocycles. The van der Waals surface area contributed by atoms with Crippen molar-refractivity contribution in [2.24, 2.45) is 0 Å². The van der Waals surface area contributed by atoms with Crippen LogP contribution in [0.2, 0.25) is 0 Å². The van der Waals surface area contributed by atoms with Crippen LogP contribution in [0, 0.1) is 0 Å². The second kappa shape index (κ2) is 5.29. The third-order valence-corrected chi connectivity index (χ3v) is 4.00. The molecule has 1 aromatic carbocycles. The molecule has 0 atom stereocenters. The molecule has 1 fully saturated rings. The number of ether oxygens (including phenoxy) is 1. The molecule has 0 spiro atoms. The number of nitrogens with zero attached hydrogens (tertiary/aromatic N) is 1. The van der Waals surface area contributed by atoms with Gasteiger partial charge in [0.1, 0.15) is 0 Å². The summed E-state index contributed by atoms with van der Waals surface area (Å²) in [5, 5.41) is -4.08. The van der Waals surface area contributed by atoms with Crippen LogP contribution in [0.5, 0.6) is 0 Å². The number of alkyl halides is 3. The van der Waals surface area contributed by atoms with Crippen molar-refractivity contribution in [1.29, 1.82) is 0 Å². The van der Waals surface area contributed by atoms with Crippen LogP contribution < -0.4 is 9.36 Å². The predicted molar refractivity (Wildman–Crippen MR) is 60.9 cm³/mol. The fraction of sp³-hybridized carbons (Fsp3) is 0.455. The predicted octanol–water partition coefficient (Wildman–Crippen LogP) is 1.37. The average Bonchev–Trinajstić information content (AvgIpc) is 2.29. The second-order valence-electron chi connectivity index (χ2n) is 3.64. The van der Waals surface area contributed by atoms with Gasteiger partial charge in [-0.1, -0.05) is 0 Å². The van der Waals surface area contributed by atoms with Crippen molar-refractivity contribution in [2.45, 2.75) is 5.07 Å². The molecular formula is C11H12F3NOSe. The fourth-order valence-electron chi connectivity index (χ4n) is 1.68. The molecule has 17 heavy (non-hydrogen) atoms. The van der Waals surface area contributed by atoms with E-state index in [1.807, 2.05) is 0 Å². The Balaban J connectivity index is 2.02. The molecule has 1 heterocycles. The number of hydrogen-bond acceptors (Lipinski definition) is 2. The molecule has 0 aromatic heterocycles. The van der Waals surface area contributed by atoms with E-state index >= 15 is 0 Å². The van der Waals surface area contributed by atoms with Crippen molar-refractivity contribution >= 4 is 25.1 Å². The first-order valence-corrected chi connectivity index (χ1v) is 6.94. The molecule has 0 bridgehead atoms. The van der Waals surface area contributed by atoms with Crippen molar-refractivity contribution < 1.29 is 17.9 Å². The molecule has 0 radical (unpaired) electrons. The molecule has 6 heteroatoms. The molecule has 1 aromatic rings. The van der Waals surface area contributed by atoms with Gasteiger partial charge < -0.3 is 0 Å². The molecule has 1 aliphatic rings. The van der Waals surface area contributed by atoms with Gasteiger partial charge in [0.15, 0.2) is 0 Å². The zero-order valence-electron chi connectivity index (χ0n) is 9.04. The Kier molecular flexibility index (Phi) is 3.97. The summed E-state index contributed by atoms with van der Waals surface area (Å²) in [4.78, 5) is 2.12. The molecular weight excluding hydrogens is 298 g/mol. The van der Waals surface area contributed by atoms with Crippen LogP contribution in [0.3, 0.4) is 0 Å². The van der Waals surface area contributed by atoms with Gasteiger partial charge in [0.25, 0.3) is 0 Å². The normalized spacial score (nSPS) is 17.2. The van der Waals surface area contributed by atoms with Gasteiger partial charge in [-0.3, -0.25) is 0 Å². The van der Waals surface area contributed by atoms with Crippen molar-refractivity contribution in [3.8, 4) is 0 Å². The van der Waals surface area contributed by atoms with E-state index in [1.165, 1.54) is 0 Å². The molecule has 0 N–H and O–H groups in total. The Labute approximate surface area is 104 Å². The molecule has 0 unspecified atom stereocenters. The molecule has 94 valence electrons. The number of anilines is 1. The van der Waals surface area contributed by atoms with Gasteiger partial charge >= 0.3 is 104 Å². The van der Waals surface area contributed by atoms with Crippen LogP contribution >= 0.6 is 0 Å². The van der Waals surface area contributed by atoms with Gasteiger partial charge in [-0.05, 0) is 0 Å². The summed E-state index contributed by atoms with van der Waals surface area (Å²) in [5.41, 5.74) is 0.968. The Morgan fingerprint density at radius 3 is 2.18 bits per heavy atom. The van der Waals surface area contributed by atoms with Crippen LogP contribution in [-0.4, -0.2) is 46.3 Å². The van der Waals surface area contributed by atoms with Gasteiger partial charge in [-0.15, -0.1) is 0 Å². The molecule has 2 nitrogen and oxygen atoms in total. The summed E-state index contributed by atoms with van der Waals surface area (Å²) in [6.07, 6.45) is 0.